The number of hydrogen-bond donors (Lipinski definition) is 1. The highest BCUT2D eigenvalue weighted by Gasteiger charge is 2.12. The average molecular weight is 473 g/mol. The van der Waals surface area contributed by atoms with Crippen LogP contribution in [0.4, 0.5) is 0 Å². The van der Waals surface area contributed by atoms with E-state index in [-0.39, 0.29) is 5.91 Å². The molecule has 152 valence electrons. The second kappa shape index (κ2) is 9.36. The fraction of sp³-hybridized carbons (Fsp3) is 0. The molecule has 31 heavy (non-hydrogen) atoms. The summed E-state index contributed by atoms with van der Waals surface area (Å²) < 4.78 is 6.41. The van der Waals surface area contributed by atoms with E-state index in [1.54, 1.807) is 54.6 Å². The van der Waals surface area contributed by atoms with Crippen LogP contribution in [0.5, 0.6) is 5.75 Å². The number of halogens is 1. The zero-order valence-electron chi connectivity index (χ0n) is 16.3. The third kappa shape index (κ3) is 5.05. The number of hydrogen-bond acceptors (Lipinski definition) is 4. The topological polar surface area (TPSA) is 67.8 Å². The van der Waals surface area contributed by atoms with Crippen LogP contribution in [0, 0.1) is 0 Å². The van der Waals surface area contributed by atoms with E-state index in [1.807, 2.05) is 36.4 Å². The summed E-state index contributed by atoms with van der Waals surface area (Å²) in [6.45, 7) is 0. The summed E-state index contributed by atoms with van der Waals surface area (Å²) in [6, 6.07) is 27.1. The van der Waals surface area contributed by atoms with Gasteiger partial charge >= 0.3 is 5.97 Å². The van der Waals surface area contributed by atoms with E-state index in [2.05, 4.69) is 26.5 Å². The normalized spacial score (nSPS) is 10.9. The van der Waals surface area contributed by atoms with Crippen LogP contribution in [0.25, 0.3) is 10.8 Å². The number of rotatable bonds is 5. The first kappa shape index (κ1) is 20.5. The zero-order chi connectivity index (χ0) is 21.6. The number of fused-ring (bicyclic) bond motifs is 1. The van der Waals surface area contributed by atoms with Gasteiger partial charge in [-0.15, -0.1) is 0 Å². The van der Waals surface area contributed by atoms with Crippen LogP contribution in [0.15, 0.2) is 101 Å². The van der Waals surface area contributed by atoms with Gasteiger partial charge in [0.05, 0.1) is 11.8 Å². The van der Waals surface area contributed by atoms with Crippen LogP contribution >= 0.6 is 15.9 Å². The smallest absolute Gasteiger partial charge is 0.344 e. The van der Waals surface area contributed by atoms with Gasteiger partial charge in [0, 0.05) is 10.0 Å². The fourth-order valence-electron chi connectivity index (χ4n) is 3.02. The maximum Gasteiger partial charge on any atom is 0.344 e. The molecule has 4 rings (SSSR count). The lowest BCUT2D eigenvalue weighted by molar-refractivity contribution is 0.0736. The molecule has 1 N–H and O–H groups in total. The largest absolute Gasteiger partial charge is 0.423 e. The maximum absolute atomic E-state index is 12.6. The van der Waals surface area contributed by atoms with Gasteiger partial charge < -0.3 is 4.74 Å². The molecule has 0 fully saturated rings. The van der Waals surface area contributed by atoms with Crippen molar-refractivity contribution in [2.45, 2.75) is 0 Å². The van der Waals surface area contributed by atoms with Gasteiger partial charge in [0.1, 0.15) is 5.75 Å². The van der Waals surface area contributed by atoms with E-state index in [4.69, 9.17) is 4.74 Å². The van der Waals surface area contributed by atoms with Crippen molar-refractivity contribution in [3.63, 3.8) is 0 Å². The average Bonchev–Trinajstić information content (AvgIpc) is 2.80. The van der Waals surface area contributed by atoms with E-state index >= 15 is 0 Å². The van der Waals surface area contributed by atoms with E-state index < -0.39 is 5.97 Å². The molecule has 5 nitrogen and oxygen atoms in total. The second-order valence-electron chi connectivity index (χ2n) is 6.69. The Morgan fingerprint density at radius 3 is 2.32 bits per heavy atom. The molecule has 1 amide bonds. The highest BCUT2D eigenvalue weighted by Crippen LogP contribution is 2.21. The minimum Gasteiger partial charge on any atom is -0.423 e. The van der Waals surface area contributed by atoms with Crippen molar-refractivity contribution in [2.24, 2.45) is 5.10 Å². The van der Waals surface area contributed by atoms with Crippen molar-refractivity contribution in [2.75, 3.05) is 0 Å². The van der Waals surface area contributed by atoms with Crippen LogP contribution in [-0.4, -0.2) is 18.1 Å². The summed E-state index contributed by atoms with van der Waals surface area (Å²) in [5.74, 6) is -0.293. The van der Waals surface area contributed by atoms with Gasteiger partial charge in [0.15, 0.2) is 0 Å². The molecule has 0 saturated carbocycles. The first-order valence-corrected chi connectivity index (χ1v) is 10.3. The molecule has 0 aromatic heterocycles. The van der Waals surface area contributed by atoms with Gasteiger partial charge in [0.2, 0.25) is 0 Å². The van der Waals surface area contributed by atoms with Gasteiger partial charge in [-0.3, -0.25) is 4.79 Å². The highest BCUT2D eigenvalue weighted by molar-refractivity contribution is 9.10. The van der Waals surface area contributed by atoms with E-state index in [9.17, 15) is 9.59 Å². The Morgan fingerprint density at radius 1 is 0.839 bits per heavy atom. The summed E-state index contributed by atoms with van der Waals surface area (Å²) in [6.07, 6.45) is 1.52. The van der Waals surface area contributed by atoms with Crippen molar-refractivity contribution >= 4 is 44.8 Å². The highest BCUT2D eigenvalue weighted by atomic mass is 79.9. The zero-order valence-corrected chi connectivity index (χ0v) is 17.9. The SMILES string of the molecule is O=C(N/N=C\c1ccc(OC(=O)c2cccc3ccccc23)cc1)c1ccc(Br)cc1. The maximum atomic E-state index is 12.6. The lowest BCUT2D eigenvalue weighted by atomic mass is 10.0. The monoisotopic (exact) mass is 472 g/mol. The van der Waals surface area contributed by atoms with Crippen LogP contribution in [0.3, 0.4) is 0 Å². The molecule has 4 aromatic rings. The number of carbonyl (C=O) groups excluding carboxylic acids is 2. The third-order valence-corrected chi connectivity index (χ3v) is 5.11. The standard InChI is InChI=1S/C25H17BrN2O3/c26-20-12-10-19(11-13-20)24(29)28-27-16-17-8-14-21(15-9-17)31-25(30)23-7-3-5-18-4-1-2-6-22(18)23/h1-16H,(H,28,29)/b27-16-. The van der Waals surface area contributed by atoms with Gasteiger partial charge in [0.25, 0.3) is 5.91 Å². The van der Waals surface area contributed by atoms with Crippen LogP contribution in [0.1, 0.15) is 26.3 Å². The molecule has 0 aliphatic heterocycles. The third-order valence-electron chi connectivity index (χ3n) is 4.59. The van der Waals surface area contributed by atoms with Crippen molar-refractivity contribution < 1.29 is 14.3 Å². The number of ether oxygens (including phenoxy) is 1. The molecule has 6 heteroatoms. The van der Waals surface area contributed by atoms with Crippen molar-refractivity contribution in [3.8, 4) is 5.75 Å². The molecule has 0 radical (unpaired) electrons. The molecular weight excluding hydrogens is 456 g/mol. The molecular formula is C25H17BrN2O3. The first-order valence-electron chi connectivity index (χ1n) is 9.49. The molecule has 0 saturated heterocycles. The van der Waals surface area contributed by atoms with Gasteiger partial charge in [-0.1, -0.05) is 52.3 Å². The minimum atomic E-state index is -0.417. The summed E-state index contributed by atoms with van der Waals surface area (Å²) in [5.41, 5.74) is 4.26. The minimum absolute atomic E-state index is 0.301. The predicted molar refractivity (Wildman–Crippen MR) is 125 cm³/mol. The summed E-state index contributed by atoms with van der Waals surface area (Å²) in [5, 5.41) is 5.80. The van der Waals surface area contributed by atoms with Gasteiger partial charge in [-0.05, 0) is 70.9 Å². The molecule has 0 unspecified atom stereocenters. The summed E-state index contributed by atoms with van der Waals surface area (Å²) in [4.78, 5) is 24.7. The molecule has 0 heterocycles. The molecule has 0 spiro atoms. The Kier molecular flexibility index (Phi) is 6.19. The quantitative estimate of drug-likeness (QED) is 0.178. The number of benzene rings is 4. The van der Waals surface area contributed by atoms with Gasteiger partial charge in [-0.25, -0.2) is 10.2 Å². The number of nitrogens with zero attached hydrogens (tertiary/aromatic N) is 1. The molecule has 4 aromatic carbocycles. The number of nitrogens with one attached hydrogen (secondary N) is 1. The Balaban J connectivity index is 1.39. The predicted octanol–water partition coefficient (Wildman–Crippen LogP) is 5.59. The van der Waals surface area contributed by atoms with Crippen molar-refractivity contribution in [3.05, 3.63) is 112 Å². The van der Waals surface area contributed by atoms with Gasteiger partial charge in [-0.2, -0.15) is 5.10 Å². The summed E-state index contributed by atoms with van der Waals surface area (Å²) >= 11 is 3.33. The molecule has 0 atom stereocenters. The van der Waals surface area contributed by atoms with E-state index in [0.29, 0.717) is 16.9 Å². The number of esters is 1. The number of carbonyl (C=O) groups is 2. The number of hydrazone groups is 1. The van der Waals surface area contributed by atoms with Crippen molar-refractivity contribution in [1.29, 1.82) is 0 Å². The van der Waals surface area contributed by atoms with Crippen molar-refractivity contribution in [1.82, 2.24) is 5.43 Å². The van der Waals surface area contributed by atoms with Crippen LogP contribution in [-0.2, 0) is 0 Å². The lowest BCUT2D eigenvalue weighted by Gasteiger charge is -2.07. The number of amides is 1. The molecule has 0 aliphatic carbocycles. The Hall–Kier alpha value is -3.77. The Bertz CT molecular complexity index is 1260. The first-order chi connectivity index (χ1) is 15.1. The molecule has 0 bridgehead atoms. The van der Waals surface area contributed by atoms with Crippen LogP contribution < -0.4 is 10.2 Å². The lowest BCUT2D eigenvalue weighted by Crippen LogP contribution is -2.17. The summed E-state index contributed by atoms with van der Waals surface area (Å²) in [7, 11) is 0. The second-order valence-corrected chi connectivity index (χ2v) is 7.61. The molecule has 0 aliphatic rings. The Labute approximate surface area is 187 Å². The Morgan fingerprint density at radius 2 is 1.55 bits per heavy atom. The van der Waals surface area contributed by atoms with E-state index in [0.717, 1.165) is 20.8 Å². The fourth-order valence-corrected chi connectivity index (χ4v) is 3.28. The van der Waals surface area contributed by atoms with Crippen LogP contribution in [0.2, 0.25) is 0 Å². The van der Waals surface area contributed by atoms with E-state index in [1.165, 1.54) is 6.21 Å².